The highest BCUT2D eigenvalue weighted by Crippen LogP contribution is 2.40. The van der Waals surface area contributed by atoms with Gasteiger partial charge in [0.15, 0.2) is 17.5 Å². The van der Waals surface area contributed by atoms with Crippen LogP contribution in [0.4, 0.5) is 14.5 Å². The molecule has 1 aliphatic rings. The maximum atomic E-state index is 14.8. The van der Waals surface area contributed by atoms with E-state index in [4.69, 9.17) is 16.2 Å². The van der Waals surface area contributed by atoms with E-state index < -0.39 is 17.5 Å². The van der Waals surface area contributed by atoms with Gasteiger partial charge in [0.2, 0.25) is 0 Å². The van der Waals surface area contributed by atoms with Crippen molar-refractivity contribution < 1.29 is 23.4 Å². The van der Waals surface area contributed by atoms with Crippen LogP contribution in [0.1, 0.15) is 22.5 Å². The summed E-state index contributed by atoms with van der Waals surface area (Å²) in [4.78, 5) is 27.2. The SMILES string of the molecule is COc1ccc(F)c(F)c1-c1ncc(-c2ccc(-c3cnccc3C#N)cc2N2C[C@@H](N)C[C@H]2CO)c(C(N)=O)n1. The molecule has 0 unspecified atom stereocenters. The molecule has 10 nitrogen and oxygen atoms in total. The van der Waals surface area contributed by atoms with Gasteiger partial charge >= 0.3 is 0 Å². The van der Waals surface area contributed by atoms with E-state index in [-0.39, 0.29) is 47.1 Å². The van der Waals surface area contributed by atoms with Crippen LogP contribution in [0.2, 0.25) is 0 Å². The molecular formula is C29H25F2N7O3. The number of nitriles is 1. The fraction of sp³-hybridized carbons (Fsp3) is 0.207. The Hall–Kier alpha value is -4.99. The topological polar surface area (TPSA) is 164 Å². The number of anilines is 1. The molecule has 2 aromatic carbocycles. The minimum absolute atomic E-state index is 0.0290. The van der Waals surface area contributed by atoms with Crippen molar-refractivity contribution in [3.8, 4) is 45.5 Å². The van der Waals surface area contributed by atoms with E-state index in [1.165, 1.54) is 25.6 Å². The van der Waals surface area contributed by atoms with Crippen LogP contribution in [0.5, 0.6) is 5.75 Å². The largest absolute Gasteiger partial charge is 0.496 e. The van der Waals surface area contributed by atoms with Crippen LogP contribution in [0.15, 0.2) is 55.0 Å². The molecule has 2 aromatic heterocycles. The van der Waals surface area contributed by atoms with Gasteiger partial charge in [-0.1, -0.05) is 12.1 Å². The van der Waals surface area contributed by atoms with Crippen LogP contribution >= 0.6 is 0 Å². The predicted molar refractivity (Wildman–Crippen MR) is 147 cm³/mol. The highest BCUT2D eigenvalue weighted by Gasteiger charge is 2.32. The first-order chi connectivity index (χ1) is 19.8. The quantitative estimate of drug-likeness (QED) is 0.310. The van der Waals surface area contributed by atoms with Crippen molar-refractivity contribution in [3.05, 3.63) is 77.9 Å². The molecule has 1 amide bonds. The van der Waals surface area contributed by atoms with Crippen LogP contribution < -0.4 is 21.1 Å². The number of carbonyl (C=O) groups is 1. The Morgan fingerprint density at radius 1 is 1.20 bits per heavy atom. The van der Waals surface area contributed by atoms with Gasteiger partial charge in [-0.2, -0.15) is 5.26 Å². The average molecular weight is 558 g/mol. The van der Waals surface area contributed by atoms with Crippen molar-refractivity contribution in [2.24, 2.45) is 11.5 Å². The standard InChI is InChI=1S/C29H25F2N7O3/c1-41-24-5-4-22(30)26(31)25(24)29-36-12-21(27(37-29)28(34)40)19-3-2-15(20-11-35-7-6-16(20)10-32)8-23(19)38-13-17(33)9-18(38)14-39/h2-8,11-12,17-18,39H,9,13-14,33H2,1H3,(H2,34,40)/t17-,18-/m0/s1. The molecule has 1 saturated heterocycles. The van der Waals surface area contributed by atoms with Gasteiger partial charge in [0, 0.05) is 53.6 Å². The van der Waals surface area contributed by atoms with Crippen molar-refractivity contribution in [1.82, 2.24) is 15.0 Å². The van der Waals surface area contributed by atoms with Crippen LogP contribution in [-0.2, 0) is 0 Å². The van der Waals surface area contributed by atoms with E-state index >= 15 is 0 Å². The Labute approximate surface area is 233 Å². The highest BCUT2D eigenvalue weighted by molar-refractivity contribution is 6.00. The van der Waals surface area contributed by atoms with Crippen molar-refractivity contribution in [1.29, 1.82) is 5.26 Å². The first-order valence-corrected chi connectivity index (χ1v) is 12.6. The molecule has 1 fully saturated rings. The number of pyridine rings is 1. The second kappa shape index (κ2) is 11.2. The number of hydrogen-bond acceptors (Lipinski definition) is 9. The smallest absolute Gasteiger partial charge is 0.268 e. The lowest BCUT2D eigenvalue weighted by molar-refractivity contribution is 0.0996. The predicted octanol–water partition coefficient (Wildman–Crippen LogP) is 3.03. The van der Waals surface area contributed by atoms with Gasteiger partial charge in [0.25, 0.3) is 5.91 Å². The minimum atomic E-state index is -1.24. The Balaban J connectivity index is 1.73. The van der Waals surface area contributed by atoms with E-state index in [0.29, 0.717) is 40.9 Å². The molecule has 4 aromatic rings. The molecule has 5 N–H and O–H groups in total. The van der Waals surface area contributed by atoms with Gasteiger partial charge in [-0.3, -0.25) is 9.78 Å². The van der Waals surface area contributed by atoms with Gasteiger partial charge in [0.1, 0.15) is 11.4 Å². The number of carbonyl (C=O) groups excluding carboxylic acids is 1. The number of amides is 1. The number of halogens is 2. The Morgan fingerprint density at radius 3 is 2.71 bits per heavy atom. The number of aromatic nitrogens is 3. The average Bonchev–Trinajstić information content (AvgIpc) is 3.38. The number of hydrogen-bond donors (Lipinski definition) is 3. The number of nitrogens with two attached hydrogens (primary N) is 2. The molecule has 3 heterocycles. The summed E-state index contributed by atoms with van der Waals surface area (Å²) in [5.41, 5.74) is 14.3. The second-order valence-corrected chi connectivity index (χ2v) is 9.51. The van der Waals surface area contributed by atoms with Gasteiger partial charge in [-0.25, -0.2) is 18.7 Å². The number of methoxy groups -OCH3 is 1. The zero-order valence-electron chi connectivity index (χ0n) is 21.9. The summed E-state index contributed by atoms with van der Waals surface area (Å²) in [6.45, 7) is 0.223. The zero-order chi connectivity index (χ0) is 29.3. The summed E-state index contributed by atoms with van der Waals surface area (Å²) in [7, 11) is 1.28. The Morgan fingerprint density at radius 2 is 2.00 bits per heavy atom. The summed E-state index contributed by atoms with van der Waals surface area (Å²) in [6.07, 6.45) is 4.92. The summed E-state index contributed by atoms with van der Waals surface area (Å²) < 4.78 is 34.1. The number of ether oxygens (including phenoxy) is 1. The molecule has 0 aliphatic carbocycles. The van der Waals surface area contributed by atoms with Gasteiger partial charge in [-0.05, 0) is 36.2 Å². The van der Waals surface area contributed by atoms with Crippen molar-refractivity contribution in [2.75, 3.05) is 25.2 Å². The third-order valence-electron chi connectivity index (χ3n) is 7.03. The van der Waals surface area contributed by atoms with Crippen molar-refractivity contribution in [2.45, 2.75) is 18.5 Å². The lowest BCUT2D eigenvalue weighted by Crippen LogP contribution is -2.33. The molecule has 41 heavy (non-hydrogen) atoms. The first kappa shape index (κ1) is 27.6. The molecule has 5 rings (SSSR count). The maximum absolute atomic E-state index is 14.8. The van der Waals surface area contributed by atoms with Crippen LogP contribution in [0.3, 0.4) is 0 Å². The number of aliphatic hydroxyl groups excluding tert-OH is 1. The maximum Gasteiger partial charge on any atom is 0.268 e. The van der Waals surface area contributed by atoms with Crippen LogP contribution in [0.25, 0.3) is 33.6 Å². The Bertz CT molecular complexity index is 1690. The third-order valence-corrected chi connectivity index (χ3v) is 7.03. The molecule has 208 valence electrons. The molecule has 0 radical (unpaired) electrons. The minimum Gasteiger partial charge on any atom is -0.496 e. The van der Waals surface area contributed by atoms with Crippen LogP contribution in [-0.4, -0.2) is 58.3 Å². The zero-order valence-corrected chi connectivity index (χ0v) is 21.9. The van der Waals surface area contributed by atoms with Crippen molar-refractivity contribution >= 4 is 11.6 Å². The second-order valence-electron chi connectivity index (χ2n) is 9.51. The van der Waals surface area contributed by atoms with E-state index in [1.54, 1.807) is 24.4 Å². The van der Waals surface area contributed by atoms with Crippen LogP contribution in [0, 0.1) is 23.0 Å². The molecule has 1 aliphatic heterocycles. The molecule has 0 bridgehead atoms. The van der Waals surface area contributed by atoms with E-state index in [2.05, 4.69) is 21.0 Å². The normalized spacial score (nSPS) is 16.4. The number of rotatable bonds is 7. The summed E-state index contributed by atoms with van der Waals surface area (Å²) in [5.74, 6) is -3.62. The van der Waals surface area contributed by atoms with Gasteiger partial charge < -0.3 is 26.2 Å². The van der Waals surface area contributed by atoms with E-state index in [1.807, 2.05) is 11.0 Å². The number of nitrogens with zero attached hydrogens (tertiary/aromatic N) is 5. The Kier molecular flexibility index (Phi) is 7.56. The van der Waals surface area contributed by atoms with Crippen molar-refractivity contribution in [3.63, 3.8) is 0 Å². The summed E-state index contributed by atoms with van der Waals surface area (Å²) >= 11 is 0. The molecule has 0 spiro atoms. The fourth-order valence-electron chi connectivity index (χ4n) is 5.11. The van der Waals surface area contributed by atoms with Gasteiger partial charge in [0.05, 0.1) is 37.0 Å². The lowest BCUT2D eigenvalue weighted by Gasteiger charge is -2.28. The third kappa shape index (κ3) is 5.04. The highest BCUT2D eigenvalue weighted by atomic mass is 19.2. The monoisotopic (exact) mass is 557 g/mol. The van der Waals surface area contributed by atoms with E-state index in [0.717, 1.165) is 6.07 Å². The fourth-order valence-corrected chi connectivity index (χ4v) is 5.11. The first-order valence-electron chi connectivity index (χ1n) is 12.6. The molecule has 12 heteroatoms. The summed E-state index contributed by atoms with van der Waals surface area (Å²) in [5, 5.41) is 19.8. The summed E-state index contributed by atoms with van der Waals surface area (Å²) in [6, 6.07) is 10.6. The number of aliphatic hydroxyl groups is 1. The molecule has 0 saturated carbocycles. The molecular weight excluding hydrogens is 532 g/mol. The number of benzene rings is 2. The number of primary amides is 1. The van der Waals surface area contributed by atoms with E-state index in [9.17, 15) is 23.9 Å². The van der Waals surface area contributed by atoms with Gasteiger partial charge in [-0.15, -0.1) is 0 Å². The lowest BCUT2D eigenvalue weighted by atomic mass is 9.95. The molecule has 2 atom stereocenters.